The number of anilines is 1. The number of hydrogen-bond donors (Lipinski definition) is 3. The number of nitrogens with zero attached hydrogens (tertiary/aromatic N) is 2. The Morgan fingerprint density at radius 3 is 2.43 bits per heavy atom. The Balaban J connectivity index is 0.000000213. The first-order valence-electron chi connectivity index (χ1n) is 4.80. The molecule has 1 saturated heterocycles. The zero-order valence-electron chi connectivity index (χ0n) is 8.35. The average molecular weight is 199 g/mol. The van der Waals surface area contributed by atoms with E-state index in [-0.39, 0.29) is 0 Å². The van der Waals surface area contributed by atoms with E-state index in [2.05, 4.69) is 15.1 Å². The third kappa shape index (κ3) is 3.76. The Kier molecular flexibility index (Phi) is 4.42. The topological polar surface area (TPSA) is 72.4 Å². The van der Waals surface area contributed by atoms with Gasteiger partial charge in [-0.25, -0.2) is 0 Å². The molecule has 0 spiro atoms. The number of aliphatic hydroxyl groups is 2. The van der Waals surface area contributed by atoms with Crippen molar-refractivity contribution < 1.29 is 10.2 Å². The lowest BCUT2D eigenvalue weighted by Crippen LogP contribution is -2.17. The van der Waals surface area contributed by atoms with E-state index >= 15 is 0 Å². The molecule has 0 saturated carbocycles. The fourth-order valence-electron chi connectivity index (χ4n) is 1.38. The number of nitrogens with one attached hydrogen (secondary N) is 1. The van der Waals surface area contributed by atoms with E-state index in [1.54, 1.807) is 6.20 Å². The number of H-pyrrole nitrogens is 1. The molecule has 1 aromatic rings. The molecule has 14 heavy (non-hydrogen) atoms. The molecular weight excluding hydrogens is 182 g/mol. The highest BCUT2D eigenvalue weighted by molar-refractivity contribution is 5.37. The molecule has 1 aromatic heterocycles. The van der Waals surface area contributed by atoms with Crippen molar-refractivity contribution in [3.8, 4) is 0 Å². The van der Waals surface area contributed by atoms with Crippen LogP contribution in [0.1, 0.15) is 19.8 Å². The van der Waals surface area contributed by atoms with Gasteiger partial charge in [0.15, 0.2) is 0 Å². The van der Waals surface area contributed by atoms with Crippen molar-refractivity contribution in [3.05, 3.63) is 12.3 Å². The third-order valence-corrected chi connectivity index (χ3v) is 1.93. The van der Waals surface area contributed by atoms with Gasteiger partial charge in [-0.15, -0.1) is 0 Å². The van der Waals surface area contributed by atoms with Crippen molar-refractivity contribution in [2.24, 2.45) is 0 Å². The molecule has 0 unspecified atom stereocenters. The van der Waals surface area contributed by atoms with Crippen LogP contribution in [0.2, 0.25) is 0 Å². The minimum Gasteiger partial charge on any atom is -0.368 e. The monoisotopic (exact) mass is 199 g/mol. The van der Waals surface area contributed by atoms with E-state index < -0.39 is 6.29 Å². The molecule has 80 valence electrons. The van der Waals surface area contributed by atoms with Gasteiger partial charge in [-0.2, -0.15) is 5.10 Å². The first-order valence-corrected chi connectivity index (χ1v) is 4.80. The standard InChI is InChI=1S/C7H11N3.C2H6O2/c1-2-6-10(5-1)7-3-4-8-9-7;1-2(3)4/h3-4H,1-2,5-6H2,(H,8,9);2-4H,1H3. The highest BCUT2D eigenvalue weighted by atomic mass is 16.5. The SMILES string of the molecule is CC(O)O.c1cc(N2CCCC2)[nH]n1. The molecule has 0 aliphatic carbocycles. The summed E-state index contributed by atoms with van der Waals surface area (Å²) >= 11 is 0. The minimum atomic E-state index is -1.17. The predicted molar refractivity (Wildman–Crippen MR) is 53.9 cm³/mol. The first-order chi connectivity index (χ1) is 6.70. The maximum atomic E-state index is 7.61. The summed E-state index contributed by atoms with van der Waals surface area (Å²) in [5, 5.41) is 22.1. The second-order valence-corrected chi connectivity index (χ2v) is 3.27. The van der Waals surface area contributed by atoms with Gasteiger partial charge >= 0.3 is 0 Å². The van der Waals surface area contributed by atoms with Gasteiger partial charge in [0.2, 0.25) is 0 Å². The Labute approximate surface area is 83.4 Å². The number of hydrogen-bond acceptors (Lipinski definition) is 4. The summed E-state index contributed by atoms with van der Waals surface area (Å²) in [6.07, 6.45) is 3.27. The molecule has 5 nitrogen and oxygen atoms in total. The first kappa shape index (κ1) is 11.0. The van der Waals surface area contributed by atoms with E-state index in [9.17, 15) is 0 Å². The van der Waals surface area contributed by atoms with Crippen LogP contribution < -0.4 is 4.90 Å². The molecule has 0 bridgehead atoms. The second kappa shape index (κ2) is 5.62. The summed E-state index contributed by atoms with van der Waals surface area (Å²) in [5.41, 5.74) is 0. The average Bonchev–Trinajstić information content (AvgIpc) is 2.76. The van der Waals surface area contributed by atoms with Crippen molar-refractivity contribution in [3.63, 3.8) is 0 Å². The molecule has 0 aromatic carbocycles. The minimum absolute atomic E-state index is 1.16. The molecule has 2 rings (SSSR count). The van der Waals surface area contributed by atoms with Crippen LogP contribution in [0.15, 0.2) is 12.3 Å². The van der Waals surface area contributed by atoms with Crippen LogP contribution >= 0.6 is 0 Å². The van der Waals surface area contributed by atoms with Crippen LogP contribution in [0.25, 0.3) is 0 Å². The smallest absolute Gasteiger partial charge is 0.148 e. The third-order valence-electron chi connectivity index (χ3n) is 1.93. The van der Waals surface area contributed by atoms with Crippen molar-refractivity contribution >= 4 is 5.82 Å². The molecule has 0 atom stereocenters. The molecule has 2 heterocycles. The molecular formula is C9H17N3O2. The van der Waals surface area contributed by atoms with E-state index in [0.717, 1.165) is 5.82 Å². The molecule has 0 amide bonds. The fourth-order valence-corrected chi connectivity index (χ4v) is 1.38. The molecule has 1 aliphatic rings. The molecule has 1 fully saturated rings. The second-order valence-electron chi connectivity index (χ2n) is 3.27. The maximum Gasteiger partial charge on any atom is 0.148 e. The lowest BCUT2D eigenvalue weighted by atomic mass is 10.4. The van der Waals surface area contributed by atoms with Crippen molar-refractivity contribution in [2.75, 3.05) is 18.0 Å². The Hall–Kier alpha value is -1.07. The van der Waals surface area contributed by atoms with Crippen LogP contribution in [0.5, 0.6) is 0 Å². The zero-order valence-corrected chi connectivity index (χ0v) is 8.35. The summed E-state index contributed by atoms with van der Waals surface area (Å²) in [5.74, 6) is 1.16. The summed E-state index contributed by atoms with van der Waals surface area (Å²) in [6.45, 7) is 3.64. The Bertz CT molecular complexity index is 227. The van der Waals surface area contributed by atoms with E-state index in [1.807, 2.05) is 6.07 Å². The van der Waals surface area contributed by atoms with Crippen LogP contribution in [-0.4, -0.2) is 39.8 Å². The predicted octanol–water partition coefficient (Wildman–Crippen LogP) is 0.327. The number of aliphatic hydroxyl groups excluding tert-OH is 1. The lowest BCUT2D eigenvalue weighted by Gasteiger charge is -2.13. The van der Waals surface area contributed by atoms with Gasteiger partial charge in [0.05, 0.1) is 6.20 Å². The van der Waals surface area contributed by atoms with Crippen LogP contribution in [-0.2, 0) is 0 Å². The van der Waals surface area contributed by atoms with Gasteiger partial charge in [0, 0.05) is 19.2 Å². The molecule has 0 radical (unpaired) electrons. The maximum absolute atomic E-state index is 7.61. The van der Waals surface area contributed by atoms with E-state index in [0.29, 0.717) is 0 Å². The van der Waals surface area contributed by atoms with Crippen LogP contribution in [0, 0.1) is 0 Å². The molecule has 1 aliphatic heterocycles. The quantitative estimate of drug-likeness (QED) is 0.570. The van der Waals surface area contributed by atoms with Gasteiger partial charge < -0.3 is 15.1 Å². The van der Waals surface area contributed by atoms with Gasteiger partial charge in [0.25, 0.3) is 0 Å². The molecule has 5 heteroatoms. The van der Waals surface area contributed by atoms with E-state index in [1.165, 1.54) is 32.9 Å². The van der Waals surface area contributed by atoms with Crippen molar-refractivity contribution in [1.29, 1.82) is 0 Å². The van der Waals surface area contributed by atoms with Crippen LogP contribution in [0.3, 0.4) is 0 Å². The van der Waals surface area contributed by atoms with Gasteiger partial charge in [-0.1, -0.05) is 0 Å². The summed E-state index contributed by atoms with van der Waals surface area (Å²) in [6, 6.07) is 2.02. The number of rotatable bonds is 1. The summed E-state index contributed by atoms with van der Waals surface area (Å²) in [4.78, 5) is 2.33. The number of aromatic amines is 1. The highest BCUT2D eigenvalue weighted by Gasteiger charge is 2.11. The zero-order chi connectivity index (χ0) is 10.4. The van der Waals surface area contributed by atoms with E-state index in [4.69, 9.17) is 10.2 Å². The van der Waals surface area contributed by atoms with Gasteiger partial charge in [0.1, 0.15) is 12.1 Å². The highest BCUT2D eigenvalue weighted by Crippen LogP contribution is 2.15. The lowest BCUT2D eigenvalue weighted by molar-refractivity contribution is -0.0228. The van der Waals surface area contributed by atoms with Crippen LogP contribution in [0.4, 0.5) is 5.82 Å². The Morgan fingerprint density at radius 2 is 2.00 bits per heavy atom. The van der Waals surface area contributed by atoms with Crippen molar-refractivity contribution in [2.45, 2.75) is 26.1 Å². The Morgan fingerprint density at radius 1 is 1.43 bits per heavy atom. The van der Waals surface area contributed by atoms with Crippen molar-refractivity contribution in [1.82, 2.24) is 10.2 Å². The number of aromatic nitrogens is 2. The fraction of sp³-hybridized carbons (Fsp3) is 0.667. The largest absolute Gasteiger partial charge is 0.368 e. The normalized spacial score (nSPS) is 15.6. The summed E-state index contributed by atoms with van der Waals surface area (Å²) < 4.78 is 0. The van der Waals surface area contributed by atoms with Gasteiger partial charge in [-0.05, 0) is 19.8 Å². The molecule has 3 N–H and O–H groups in total. The summed E-state index contributed by atoms with van der Waals surface area (Å²) in [7, 11) is 0. The van der Waals surface area contributed by atoms with Gasteiger partial charge in [-0.3, -0.25) is 5.10 Å².